The summed E-state index contributed by atoms with van der Waals surface area (Å²) in [7, 11) is 0. The third-order valence-corrected chi connectivity index (χ3v) is 4.10. The fraction of sp³-hybridized carbons (Fsp3) is 0.353. The van der Waals surface area contributed by atoms with E-state index in [0.29, 0.717) is 36.3 Å². The third kappa shape index (κ3) is 3.28. The lowest BCUT2D eigenvalue weighted by molar-refractivity contribution is -0.142. The van der Waals surface area contributed by atoms with Crippen molar-refractivity contribution in [3.8, 4) is 17.2 Å². The summed E-state index contributed by atoms with van der Waals surface area (Å²) in [6.45, 7) is 3.16. The van der Waals surface area contributed by atoms with Gasteiger partial charge in [0.15, 0.2) is 17.6 Å². The topological polar surface area (TPSA) is 85.8 Å². The average Bonchev–Trinajstić information content (AvgIpc) is 3.06. The molecule has 1 saturated heterocycles. The van der Waals surface area contributed by atoms with Gasteiger partial charge in [0, 0.05) is 31.5 Å². The largest absolute Gasteiger partial charge is 0.481 e. The van der Waals surface area contributed by atoms with Gasteiger partial charge in [0.2, 0.25) is 12.7 Å². The Hall–Kier alpha value is -3.03. The molecule has 1 aromatic heterocycles. The highest BCUT2D eigenvalue weighted by atomic mass is 16.7. The van der Waals surface area contributed by atoms with Crippen LogP contribution in [0.15, 0.2) is 36.7 Å². The van der Waals surface area contributed by atoms with Crippen molar-refractivity contribution < 1.29 is 19.0 Å². The zero-order chi connectivity index (χ0) is 17.2. The zero-order valence-electron chi connectivity index (χ0n) is 13.7. The molecule has 0 unspecified atom stereocenters. The summed E-state index contributed by atoms with van der Waals surface area (Å²) in [5, 5.41) is 3.19. The van der Waals surface area contributed by atoms with E-state index in [1.165, 1.54) is 0 Å². The molecular weight excluding hydrogens is 324 g/mol. The van der Waals surface area contributed by atoms with Gasteiger partial charge in [-0.15, -0.1) is 0 Å². The van der Waals surface area contributed by atoms with Crippen LogP contribution in [-0.2, 0) is 4.79 Å². The van der Waals surface area contributed by atoms with Crippen LogP contribution in [0, 0.1) is 0 Å². The summed E-state index contributed by atoms with van der Waals surface area (Å²) in [6, 6.07) is 7.20. The van der Waals surface area contributed by atoms with Gasteiger partial charge < -0.3 is 24.4 Å². The van der Waals surface area contributed by atoms with E-state index in [-0.39, 0.29) is 18.7 Å². The van der Waals surface area contributed by atoms with Gasteiger partial charge >= 0.3 is 0 Å². The highest BCUT2D eigenvalue weighted by molar-refractivity contribution is 5.82. The van der Waals surface area contributed by atoms with Gasteiger partial charge in [-0.2, -0.15) is 0 Å². The molecule has 25 heavy (non-hydrogen) atoms. The second-order valence-corrected chi connectivity index (χ2v) is 5.93. The number of nitrogens with zero attached hydrogens (tertiary/aromatic N) is 3. The second kappa shape index (κ2) is 6.46. The maximum absolute atomic E-state index is 12.4. The van der Waals surface area contributed by atoms with Crippen LogP contribution in [0.4, 0.5) is 5.95 Å². The van der Waals surface area contributed by atoms with Crippen molar-refractivity contribution in [1.82, 2.24) is 14.9 Å². The molecule has 2 aromatic rings. The highest BCUT2D eigenvalue weighted by Crippen LogP contribution is 2.35. The summed E-state index contributed by atoms with van der Waals surface area (Å²) in [5.41, 5.74) is 0. The van der Waals surface area contributed by atoms with E-state index in [4.69, 9.17) is 14.2 Å². The molecule has 2 aliphatic heterocycles. The molecule has 1 fully saturated rings. The molecule has 3 heterocycles. The summed E-state index contributed by atoms with van der Waals surface area (Å²) in [5.74, 6) is 2.42. The van der Waals surface area contributed by atoms with Gasteiger partial charge in [-0.25, -0.2) is 9.97 Å². The molecule has 8 nitrogen and oxygen atoms in total. The minimum absolute atomic E-state index is 0.0512. The molecule has 2 aliphatic rings. The number of ether oxygens (including phenoxy) is 3. The number of carbonyl (C=O) groups excluding carboxylic acids is 1. The van der Waals surface area contributed by atoms with Crippen molar-refractivity contribution in [2.75, 3.05) is 25.2 Å². The Morgan fingerprint density at radius 1 is 1.28 bits per heavy atom. The SMILES string of the molecule is C[C@@H](Oc1ccc2c(c1)OCO2)C(=O)N1CC(Nc2ncccn2)C1. The van der Waals surface area contributed by atoms with Crippen LogP contribution >= 0.6 is 0 Å². The van der Waals surface area contributed by atoms with Gasteiger partial charge in [0.1, 0.15) is 5.75 Å². The Bertz CT molecular complexity index is 764. The van der Waals surface area contributed by atoms with Crippen LogP contribution in [0.2, 0.25) is 0 Å². The maximum atomic E-state index is 12.4. The number of nitrogens with one attached hydrogen (secondary N) is 1. The predicted octanol–water partition coefficient (Wildman–Crippen LogP) is 1.30. The molecule has 4 rings (SSSR count). The van der Waals surface area contributed by atoms with Crippen LogP contribution < -0.4 is 19.5 Å². The third-order valence-electron chi connectivity index (χ3n) is 4.10. The van der Waals surface area contributed by atoms with Crippen molar-refractivity contribution in [3.63, 3.8) is 0 Å². The molecule has 0 radical (unpaired) electrons. The Morgan fingerprint density at radius 2 is 2.04 bits per heavy atom. The van der Waals surface area contributed by atoms with E-state index in [1.807, 2.05) is 0 Å². The van der Waals surface area contributed by atoms with Crippen LogP contribution in [0.25, 0.3) is 0 Å². The number of rotatable bonds is 5. The van der Waals surface area contributed by atoms with Crippen molar-refractivity contribution in [1.29, 1.82) is 0 Å². The molecule has 1 amide bonds. The summed E-state index contributed by atoms with van der Waals surface area (Å²) >= 11 is 0. The van der Waals surface area contributed by atoms with E-state index < -0.39 is 6.10 Å². The maximum Gasteiger partial charge on any atom is 0.263 e. The molecule has 0 spiro atoms. The van der Waals surface area contributed by atoms with Gasteiger partial charge in [-0.3, -0.25) is 4.79 Å². The molecular formula is C17H18N4O4. The van der Waals surface area contributed by atoms with Crippen LogP contribution in [0.5, 0.6) is 17.2 Å². The summed E-state index contributed by atoms with van der Waals surface area (Å²) < 4.78 is 16.3. The van der Waals surface area contributed by atoms with Gasteiger partial charge in [-0.1, -0.05) is 0 Å². The number of carbonyl (C=O) groups is 1. The Balaban J connectivity index is 1.28. The highest BCUT2D eigenvalue weighted by Gasteiger charge is 2.34. The lowest BCUT2D eigenvalue weighted by atomic mass is 10.1. The number of hydrogen-bond donors (Lipinski definition) is 1. The number of anilines is 1. The summed E-state index contributed by atoms with van der Waals surface area (Å²) in [6.07, 6.45) is 2.78. The average molecular weight is 342 g/mol. The number of hydrogen-bond acceptors (Lipinski definition) is 7. The lowest BCUT2D eigenvalue weighted by Gasteiger charge is -2.40. The van der Waals surface area contributed by atoms with Crippen molar-refractivity contribution in [2.24, 2.45) is 0 Å². The second-order valence-electron chi connectivity index (χ2n) is 5.93. The zero-order valence-corrected chi connectivity index (χ0v) is 13.7. The first-order chi connectivity index (χ1) is 12.2. The number of fused-ring (bicyclic) bond motifs is 1. The van der Waals surface area contributed by atoms with E-state index in [1.54, 1.807) is 48.5 Å². The fourth-order valence-corrected chi connectivity index (χ4v) is 2.77. The Morgan fingerprint density at radius 3 is 2.84 bits per heavy atom. The molecule has 1 N–H and O–H groups in total. The molecule has 1 aromatic carbocycles. The number of amides is 1. The van der Waals surface area contributed by atoms with Gasteiger partial charge in [0.05, 0.1) is 6.04 Å². The van der Waals surface area contributed by atoms with Crippen LogP contribution in [0.3, 0.4) is 0 Å². The molecule has 0 aliphatic carbocycles. The minimum atomic E-state index is -0.575. The van der Waals surface area contributed by atoms with E-state index in [0.717, 1.165) is 0 Å². The normalized spacial score (nSPS) is 16.9. The smallest absolute Gasteiger partial charge is 0.263 e. The molecule has 130 valence electrons. The van der Waals surface area contributed by atoms with Crippen molar-refractivity contribution in [3.05, 3.63) is 36.7 Å². The van der Waals surface area contributed by atoms with E-state index >= 15 is 0 Å². The first kappa shape index (κ1) is 15.5. The minimum Gasteiger partial charge on any atom is -0.481 e. The van der Waals surface area contributed by atoms with E-state index in [9.17, 15) is 4.79 Å². The molecule has 8 heteroatoms. The standard InChI is InChI=1S/C17H18N4O4/c1-11(25-13-3-4-14-15(7-13)24-10-23-14)16(22)21-8-12(9-21)20-17-18-5-2-6-19-17/h2-7,11-12H,8-10H2,1H3,(H,18,19,20)/t11-/m1/s1. The number of aromatic nitrogens is 2. The van der Waals surface area contributed by atoms with Crippen LogP contribution in [0.1, 0.15) is 6.92 Å². The Labute approximate surface area is 144 Å². The van der Waals surface area contributed by atoms with Crippen molar-refractivity contribution in [2.45, 2.75) is 19.1 Å². The quantitative estimate of drug-likeness (QED) is 0.876. The first-order valence-corrected chi connectivity index (χ1v) is 8.08. The predicted molar refractivity (Wildman–Crippen MR) is 88.7 cm³/mol. The monoisotopic (exact) mass is 342 g/mol. The van der Waals surface area contributed by atoms with Crippen molar-refractivity contribution >= 4 is 11.9 Å². The first-order valence-electron chi connectivity index (χ1n) is 8.08. The number of benzene rings is 1. The van der Waals surface area contributed by atoms with Gasteiger partial charge in [-0.05, 0) is 25.1 Å². The van der Waals surface area contributed by atoms with Crippen LogP contribution in [-0.4, -0.2) is 52.8 Å². The van der Waals surface area contributed by atoms with E-state index in [2.05, 4.69) is 15.3 Å². The number of likely N-dealkylation sites (tertiary alicyclic amines) is 1. The molecule has 0 bridgehead atoms. The molecule has 1 atom stereocenters. The Kier molecular flexibility index (Phi) is 4.01. The lowest BCUT2D eigenvalue weighted by Crippen LogP contribution is -2.59. The van der Waals surface area contributed by atoms with Gasteiger partial charge in [0.25, 0.3) is 5.91 Å². The molecule has 0 saturated carbocycles. The summed E-state index contributed by atoms with van der Waals surface area (Å²) in [4.78, 5) is 22.4. The fourth-order valence-electron chi connectivity index (χ4n) is 2.77.